The Bertz CT molecular complexity index is 461. The first-order valence-corrected chi connectivity index (χ1v) is 9.22. The number of piperidine rings is 1. The lowest BCUT2D eigenvalue weighted by molar-refractivity contribution is -0.146. The molecule has 1 N–H and O–H groups in total. The lowest BCUT2D eigenvalue weighted by Gasteiger charge is -2.57. The van der Waals surface area contributed by atoms with E-state index in [2.05, 4.69) is 5.32 Å². The average Bonchev–Trinajstić information content (AvgIpc) is 2.52. The lowest BCUT2D eigenvalue weighted by Crippen LogP contribution is -2.62. The fourth-order valence-electron chi connectivity index (χ4n) is 6.05. The molecule has 5 heteroatoms. The standard InChI is InChI=1S/C18H28N2O3/c1-23-16(21)15-2-4-20(5-3-15)17(22)19-18-9-12-6-13(10-18)8-14(7-12)11-18/h12-15H,2-11H2,1H3,(H,19,22). The molecular formula is C18H28N2O3. The van der Waals surface area contributed by atoms with Crippen molar-refractivity contribution in [2.45, 2.75) is 56.9 Å². The third-order valence-corrected chi connectivity index (χ3v) is 6.73. The van der Waals surface area contributed by atoms with Crippen LogP contribution >= 0.6 is 0 Å². The van der Waals surface area contributed by atoms with Crippen LogP contribution in [0.1, 0.15) is 51.4 Å². The minimum absolute atomic E-state index is 0.0383. The molecule has 5 nitrogen and oxygen atoms in total. The van der Waals surface area contributed by atoms with Crippen molar-refractivity contribution in [1.82, 2.24) is 10.2 Å². The molecule has 0 aromatic rings. The van der Waals surface area contributed by atoms with Gasteiger partial charge in [-0.15, -0.1) is 0 Å². The van der Waals surface area contributed by atoms with Crippen LogP contribution in [-0.2, 0) is 9.53 Å². The van der Waals surface area contributed by atoms with Gasteiger partial charge in [0.15, 0.2) is 0 Å². The third-order valence-electron chi connectivity index (χ3n) is 6.73. The Morgan fingerprint density at radius 3 is 2.00 bits per heavy atom. The maximum absolute atomic E-state index is 12.7. The van der Waals surface area contributed by atoms with Crippen molar-refractivity contribution in [2.75, 3.05) is 20.2 Å². The molecule has 0 aromatic heterocycles. The normalized spacial score (nSPS) is 39.3. The van der Waals surface area contributed by atoms with Gasteiger partial charge in [0.1, 0.15) is 0 Å². The first kappa shape index (κ1) is 15.3. The molecule has 4 aliphatic carbocycles. The van der Waals surface area contributed by atoms with Gasteiger partial charge >= 0.3 is 12.0 Å². The van der Waals surface area contributed by atoms with Crippen molar-refractivity contribution in [1.29, 1.82) is 0 Å². The van der Waals surface area contributed by atoms with E-state index in [0.717, 1.165) is 30.6 Å². The summed E-state index contributed by atoms with van der Waals surface area (Å²) in [5.41, 5.74) is 0.0744. The van der Waals surface area contributed by atoms with Crippen molar-refractivity contribution in [3.8, 4) is 0 Å². The van der Waals surface area contributed by atoms with E-state index in [9.17, 15) is 9.59 Å². The molecule has 0 atom stereocenters. The smallest absolute Gasteiger partial charge is 0.317 e. The van der Waals surface area contributed by atoms with E-state index in [0.29, 0.717) is 13.1 Å². The number of carbonyl (C=O) groups excluding carboxylic acids is 2. The molecule has 2 amide bonds. The predicted octanol–water partition coefficient (Wildman–Crippen LogP) is 2.55. The number of amides is 2. The van der Waals surface area contributed by atoms with Gasteiger partial charge in [0.05, 0.1) is 13.0 Å². The highest BCUT2D eigenvalue weighted by molar-refractivity contribution is 5.76. The number of likely N-dealkylation sites (tertiary alicyclic amines) is 1. The molecule has 0 radical (unpaired) electrons. The van der Waals surface area contributed by atoms with Gasteiger partial charge in [-0.3, -0.25) is 4.79 Å². The highest BCUT2D eigenvalue weighted by Gasteiger charge is 2.51. The van der Waals surface area contributed by atoms with Crippen molar-refractivity contribution in [3.05, 3.63) is 0 Å². The van der Waals surface area contributed by atoms with E-state index in [-0.39, 0.29) is 23.5 Å². The van der Waals surface area contributed by atoms with Gasteiger partial charge in [-0.1, -0.05) is 0 Å². The zero-order valence-electron chi connectivity index (χ0n) is 14.1. The Hall–Kier alpha value is -1.26. The van der Waals surface area contributed by atoms with Crippen molar-refractivity contribution in [3.63, 3.8) is 0 Å². The van der Waals surface area contributed by atoms with Crippen LogP contribution in [0.15, 0.2) is 0 Å². The minimum Gasteiger partial charge on any atom is -0.469 e. The van der Waals surface area contributed by atoms with Gasteiger partial charge in [0, 0.05) is 18.6 Å². The summed E-state index contributed by atoms with van der Waals surface area (Å²) in [7, 11) is 1.44. The van der Waals surface area contributed by atoms with Crippen LogP contribution in [-0.4, -0.2) is 42.6 Å². The number of hydrogen-bond acceptors (Lipinski definition) is 3. The summed E-state index contributed by atoms with van der Waals surface area (Å²) in [4.78, 5) is 26.2. The molecule has 1 heterocycles. The molecular weight excluding hydrogens is 292 g/mol. The van der Waals surface area contributed by atoms with E-state index < -0.39 is 0 Å². The Kier molecular flexibility index (Phi) is 3.77. The third kappa shape index (κ3) is 2.83. The van der Waals surface area contributed by atoms with Gasteiger partial charge in [0.25, 0.3) is 0 Å². The first-order valence-electron chi connectivity index (χ1n) is 9.22. The van der Waals surface area contributed by atoms with Crippen LogP contribution in [0, 0.1) is 23.7 Å². The number of urea groups is 1. The molecule has 5 fully saturated rings. The van der Waals surface area contributed by atoms with E-state index in [1.807, 2.05) is 4.90 Å². The molecule has 23 heavy (non-hydrogen) atoms. The zero-order chi connectivity index (χ0) is 16.0. The number of ether oxygens (including phenoxy) is 1. The van der Waals surface area contributed by atoms with Crippen molar-refractivity contribution >= 4 is 12.0 Å². The van der Waals surface area contributed by atoms with Gasteiger partial charge < -0.3 is 15.0 Å². The largest absolute Gasteiger partial charge is 0.469 e. The lowest BCUT2D eigenvalue weighted by atomic mass is 9.53. The van der Waals surface area contributed by atoms with Crippen LogP contribution in [0.25, 0.3) is 0 Å². The molecule has 0 unspecified atom stereocenters. The van der Waals surface area contributed by atoms with Crippen molar-refractivity contribution < 1.29 is 14.3 Å². The quantitative estimate of drug-likeness (QED) is 0.796. The Balaban J connectivity index is 1.35. The topological polar surface area (TPSA) is 58.6 Å². The summed E-state index contributed by atoms with van der Waals surface area (Å²) < 4.78 is 4.82. The van der Waals surface area contributed by atoms with E-state index in [1.54, 1.807) is 0 Å². The molecule has 0 spiro atoms. The molecule has 0 aromatic carbocycles. The number of methoxy groups -OCH3 is 1. The van der Waals surface area contributed by atoms with Crippen LogP contribution in [0.4, 0.5) is 4.79 Å². The molecule has 4 bridgehead atoms. The number of hydrogen-bond donors (Lipinski definition) is 1. The number of carbonyl (C=O) groups is 2. The number of nitrogens with one attached hydrogen (secondary N) is 1. The fraction of sp³-hybridized carbons (Fsp3) is 0.889. The molecule has 128 valence electrons. The van der Waals surface area contributed by atoms with E-state index in [1.165, 1.54) is 45.6 Å². The number of rotatable bonds is 2. The summed E-state index contributed by atoms with van der Waals surface area (Å²) >= 11 is 0. The molecule has 5 aliphatic rings. The van der Waals surface area contributed by atoms with E-state index in [4.69, 9.17) is 4.74 Å². The average molecular weight is 320 g/mol. The summed E-state index contributed by atoms with van der Waals surface area (Å²) in [6, 6.07) is 0.0928. The summed E-state index contributed by atoms with van der Waals surface area (Å²) in [5.74, 6) is 2.35. The molecule has 5 rings (SSSR count). The van der Waals surface area contributed by atoms with Crippen LogP contribution < -0.4 is 5.32 Å². The predicted molar refractivity (Wildman–Crippen MR) is 85.7 cm³/mol. The molecule has 1 aliphatic heterocycles. The second-order valence-electron chi connectivity index (χ2n) is 8.41. The Morgan fingerprint density at radius 2 is 1.52 bits per heavy atom. The Labute approximate surface area is 138 Å². The monoisotopic (exact) mass is 320 g/mol. The van der Waals surface area contributed by atoms with Gasteiger partial charge in [0.2, 0.25) is 0 Å². The molecule has 4 saturated carbocycles. The number of esters is 1. The maximum atomic E-state index is 12.7. The van der Waals surface area contributed by atoms with Gasteiger partial charge in [-0.2, -0.15) is 0 Å². The summed E-state index contributed by atoms with van der Waals surface area (Å²) in [5, 5.41) is 3.42. The highest BCUT2D eigenvalue weighted by atomic mass is 16.5. The molecule has 1 saturated heterocycles. The maximum Gasteiger partial charge on any atom is 0.317 e. The van der Waals surface area contributed by atoms with Crippen LogP contribution in [0.5, 0.6) is 0 Å². The highest BCUT2D eigenvalue weighted by Crippen LogP contribution is 2.55. The second kappa shape index (κ2) is 5.67. The fourth-order valence-corrected chi connectivity index (χ4v) is 6.05. The van der Waals surface area contributed by atoms with Crippen molar-refractivity contribution in [2.24, 2.45) is 23.7 Å². The Morgan fingerprint density at radius 1 is 1.00 bits per heavy atom. The van der Waals surface area contributed by atoms with Gasteiger partial charge in [-0.25, -0.2) is 4.79 Å². The van der Waals surface area contributed by atoms with E-state index >= 15 is 0 Å². The van der Waals surface area contributed by atoms with Crippen LogP contribution in [0.3, 0.4) is 0 Å². The summed E-state index contributed by atoms with van der Waals surface area (Å²) in [6.07, 6.45) is 9.16. The minimum atomic E-state index is -0.133. The SMILES string of the molecule is COC(=O)C1CCN(C(=O)NC23CC4CC(CC(C4)C2)C3)CC1. The second-order valence-corrected chi connectivity index (χ2v) is 8.41. The first-order chi connectivity index (χ1) is 11.1. The summed E-state index contributed by atoms with van der Waals surface area (Å²) in [6.45, 7) is 1.33. The van der Waals surface area contributed by atoms with Crippen LogP contribution in [0.2, 0.25) is 0 Å². The van der Waals surface area contributed by atoms with Gasteiger partial charge in [-0.05, 0) is 69.1 Å². The zero-order valence-corrected chi connectivity index (χ0v) is 14.1. The number of nitrogens with zero attached hydrogens (tertiary/aromatic N) is 1.